The molecule has 0 aliphatic carbocycles. The third-order valence-corrected chi connectivity index (χ3v) is 3.65. The van der Waals surface area contributed by atoms with E-state index in [1.807, 2.05) is 38.1 Å². The van der Waals surface area contributed by atoms with Gasteiger partial charge in [-0.3, -0.25) is 9.89 Å². The number of hydrogen-bond donors (Lipinski definition) is 2. The van der Waals surface area contributed by atoms with Gasteiger partial charge in [-0.1, -0.05) is 18.2 Å². The van der Waals surface area contributed by atoms with Gasteiger partial charge in [0.2, 0.25) is 0 Å². The molecule has 2 aromatic heterocycles. The highest BCUT2D eigenvalue weighted by Gasteiger charge is 2.13. The highest BCUT2D eigenvalue weighted by Crippen LogP contribution is 2.21. The van der Waals surface area contributed by atoms with Crippen molar-refractivity contribution in [3.63, 3.8) is 0 Å². The van der Waals surface area contributed by atoms with E-state index in [9.17, 15) is 4.79 Å². The maximum Gasteiger partial charge on any atom is 0.274 e. The molecular weight excluding hydrogens is 294 g/mol. The third-order valence-electron chi connectivity index (χ3n) is 3.65. The molecule has 1 aromatic carbocycles. The monoisotopic (exact) mass is 313 g/mol. The predicted molar refractivity (Wildman–Crippen MR) is 89.1 cm³/mol. The Morgan fingerprint density at radius 1 is 1.35 bits per heavy atom. The van der Waals surface area contributed by atoms with Crippen molar-refractivity contribution < 1.29 is 4.74 Å². The molecule has 0 bridgehead atoms. The Kier molecular flexibility index (Phi) is 4.12. The lowest BCUT2D eigenvalue weighted by Gasteiger charge is -2.14. The van der Waals surface area contributed by atoms with Gasteiger partial charge in [0.25, 0.3) is 5.56 Å². The van der Waals surface area contributed by atoms with E-state index >= 15 is 0 Å². The van der Waals surface area contributed by atoms with Gasteiger partial charge >= 0.3 is 0 Å². The summed E-state index contributed by atoms with van der Waals surface area (Å²) in [5.74, 6) is 1.25. The van der Waals surface area contributed by atoms with Crippen molar-refractivity contribution in [3.05, 3.63) is 46.4 Å². The number of methoxy groups -OCH3 is 1. The SMILES string of the molecule is COC(C)Cn1nc(Nc2cc(C)[nH]n2)c2ccccc2c1=O. The number of nitrogens with zero attached hydrogens (tertiary/aromatic N) is 3. The maximum absolute atomic E-state index is 12.6. The smallest absolute Gasteiger partial charge is 0.274 e. The Hall–Kier alpha value is -2.67. The van der Waals surface area contributed by atoms with E-state index in [1.54, 1.807) is 13.2 Å². The Balaban J connectivity index is 2.11. The van der Waals surface area contributed by atoms with Gasteiger partial charge in [-0.2, -0.15) is 10.2 Å². The first-order valence-electron chi connectivity index (χ1n) is 7.40. The van der Waals surface area contributed by atoms with Gasteiger partial charge in [-0.05, 0) is 19.9 Å². The lowest BCUT2D eigenvalue weighted by Crippen LogP contribution is -2.29. The van der Waals surface area contributed by atoms with Gasteiger partial charge < -0.3 is 10.1 Å². The topological polar surface area (TPSA) is 84.8 Å². The fourth-order valence-electron chi connectivity index (χ4n) is 2.37. The molecule has 0 fully saturated rings. The van der Waals surface area contributed by atoms with E-state index in [0.717, 1.165) is 11.1 Å². The number of anilines is 2. The largest absolute Gasteiger partial charge is 0.380 e. The quantitative estimate of drug-likeness (QED) is 0.754. The van der Waals surface area contributed by atoms with Crippen LogP contribution < -0.4 is 10.9 Å². The van der Waals surface area contributed by atoms with Crippen molar-refractivity contribution in [1.29, 1.82) is 0 Å². The second-order valence-electron chi connectivity index (χ2n) is 5.49. The molecular formula is C16H19N5O2. The van der Waals surface area contributed by atoms with Gasteiger partial charge in [-0.25, -0.2) is 4.68 Å². The number of nitrogens with one attached hydrogen (secondary N) is 2. The molecule has 0 spiro atoms. The van der Waals surface area contributed by atoms with Crippen molar-refractivity contribution in [2.45, 2.75) is 26.5 Å². The molecule has 0 saturated carbocycles. The van der Waals surface area contributed by atoms with Crippen molar-refractivity contribution in [3.8, 4) is 0 Å². The summed E-state index contributed by atoms with van der Waals surface area (Å²) in [6, 6.07) is 9.27. The van der Waals surface area contributed by atoms with Gasteiger partial charge in [0.15, 0.2) is 11.6 Å². The molecule has 1 atom stereocenters. The molecule has 1 unspecified atom stereocenters. The van der Waals surface area contributed by atoms with Crippen molar-refractivity contribution in [1.82, 2.24) is 20.0 Å². The Labute approximate surface area is 133 Å². The summed E-state index contributed by atoms with van der Waals surface area (Å²) in [4.78, 5) is 12.6. The molecule has 7 nitrogen and oxygen atoms in total. The molecule has 7 heteroatoms. The maximum atomic E-state index is 12.6. The summed E-state index contributed by atoms with van der Waals surface area (Å²) >= 11 is 0. The second kappa shape index (κ2) is 6.21. The van der Waals surface area contributed by atoms with Gasteiger partial charge in [0.05, 0.1) is 18.0 Å². The van der Waals surface area contributed by atoms with Gasteiger partial charge in [-0.15, -0.1) is 0 Å². The lowest BCUT2D eigenvalue weighted by molar-refractivity contribution is 0.0987. The number of fused-ring (bicyclic) bond motifs is 1. The molecule has 3 rings (SSSR count). The molecule has 0 amide bonds. The number of hydrogen-bond acceptors (Lipinski definition) is 5. The predicted octanol–water partition coefficient (Wildman–Crippen LogP) is 2.21. The average molecular weight is 313 g/mol. The third kappa shape index (κ3) is 3.09. The fourth-order valence-corrected chi connectivity index (χ4v) is 2.37. The summed E-state index contributed by atoms with van der Waals surface area (Å²) in [6.45, 7) is 4.20. The molecule has 120 valence electrons. The summed E-state index contributed by atoms with van der Waals surface area (Å²) in [7, 11) is 1.61. The number of H-pyrrole nitrogens is 1. The highest BCUT2D eigenvalue weighted by atomic mass is 16.5. The number of aromatic amines is 1. The Morgan fingerprint density at radius 2 is 2.09 bits per heavy atom. The Morgan fingerprint density at radius 3 is 2.74 bits per heavy atom. The van der Waals surface area contributed by atoms with Crippen LogP contribution in [0.2, 0.25) is 0 Å². The van der Waals surface area contributed by atoms with Crippen LogP contribution in [0.4, 0.5) is 11.6 Å². The first kappa shape index (κ1) is 15.2. The molecule has 0 aliphatic rings. The summed E-state index contributed by atoms with van der Waals surface area (Å²) in [5.41, 5.74) is 0.811. The van der Waals surface area contributed by atoms with Crippen LogP contribution in [0.25, 0.3) is 10.8 Å². The minimum Gasteiger partial charge on any atom is -0.380 e. The molecule has 0 aliphatic heterocycles. The second-order valence-corrected chi connectivity index (χ2v) is 5.49. The van der Waals surface area contributed by atoms with E-state index < -0.39 is 0 Å². The molecule has 2 N–H and O–H groups in total. The van der Waals surface area contributed by atoms with Crippen LogP contribution in [-0.4, -0.2) is 33.2 Å². The summed E-state index contributed by atoms with van der Waals surface area (Å²) in [6.07, 6.45) is -0.109. The average Bonchev–Trinajstić information content (AvgIpc) is 2.96. The van der Waals surface area contributed by atoms with E-state index in [0.29, 0.717) is 23.6 Å². The molecule has 23 heavy (non-hydrogen) atoms. The van der Waals surface area contributed by atoms with Crippen LogP contribution in [0.3, 0.4) is 0 Å². The number of benzene rings is 1. The normalized spacial score (nSPS) is 12.5. The highest BCUT2D eigenvalue weighted by molar-refractivity contribution is 5.92. The standard InChI is InChI=1S/C16H19N5O2/c1-10-8-14(19-18-10)17-15-12-6-4-5-7-13(12)16(22)21(20-15)9-11(2)23-3/h4-8,11H,9H2,1-3H3,(H2,17,18,19,20). The van der Waals surface area contributed by atoms with Crippen molar-refractivity contribution in [2.24, 2.45) is 0 Å². The summed E-state index contributed by atoms with van der Waals surface area (Å²) in [5, 5.41) is 16.0. The zero-order valence-corrected chi connectivity index (χ0v) is 13.3. The molecule has 2 heterocycles. The van der Waals surface area contributed by atoms with Crippen LogP contribution >= 0.6 is 0 Å². The van der Waals surface area contributed by atoms with E-state index in [2.05, 4.69) is 20.6 Å². The lowest BCUT2D eigenvalue weighted by atomic mass is 10.2. The van der Waals surface area contributed by atoms with Crippen LogP contribution in [-0.2, 0) is 11.3 Å². The van der Waals surface area contributed by atoms with Crippen molar-refractivity contribution >= 4 is 22.4 Å². The molecule has 3 aromatic rings. The number of ether oxygens (including phenoxy) is 1. The van der Waals surface area contributed by atoms with Crippen LogP contribution in [0.5, 0.6) is 0 Å². The fraction of sp³-hybridized carbons (Fsp3) is 0.312. The van der Waals surface area contributed by atoms with Gasteiger partial charge in [0.1, 0.15) is 0 Å². The van der Waals surface area contributed by atoms with E-state index in [-0.39, 0.29) is 11.7 Å². The Bertz CT molecular complexity index is 884. The number of rotatable bonds is 5. The number of aromatic nitrogens is 4. The minimum atomic E-state index is -0.131. The van der Waals surface area contributed by atoms with Gasteiger partial charge in [0, 0.05) is 24.3 Å². The first-order chi connectivity index (χ1) is 11.1. The number of aryl methyl sites for hydroxylation is 1. The van der Waals surface area contributed by atoms with Crippen LogP contribution in [0.15, 0.2) is 35.1 Å². The van der Waals surface area contributed by atoms with E-state index in [1.165, 1.54) is 4.68 Å². The van der Waals surface area contributed by atoms with Crippen molar-refractivity contribution in [2.75, 3.05) is 12.4 Å². The van der Waals surface area contributed by atoms with E-state index in [4.69, 9.17) is 4.74 Å². The first-order valence-corrected chi connectivity index (χ1v) is 7.40. The zero-order valence-electron chi connectivity index (χ0n) is 13.3. The van der Waals surface area contributed by atoms with Crippen LogP contribution in [0.1, 0.15) is 12.6 Å². The molecule has 0 saturated heterocycles. The minimum absolute atomic E-state index is 0.109. The zero-order chi connectivity index (χ0) is 16.4. The molecule has 0 radical (unpaired) electrons. The van der Waals surface area contributed by atoms with Crippen LogP contribution in [0, 0.1) is 6.92 Å². The summed E-state index contributed by atoms with van der Waals surface area (Å²) < 4.78 is 6.67.